The van der Waals surface area contributed by atoms with Gasteiger partial charge in [0.25, 0.3) is 0 Å². The van der Waals surface area contributed by atoms with Gasteiger partial charge in [-0.2, -0.15) is 5.10 Å². The maximum Gasteiger partial charge on any atom is 0.0715 e. The Labute approximate surface area is 104 Å². The molecule has 0 bridgehead atoms. The van der Waals surface area contributed by atoms with E-state index in [9.17, 15) is 5.11 Å². The highest BCUT2D eigenvalue weighted by Gasteiger charge is 2.19. The standard InChI is InChI=1S/C13H25N3O/c1-7-16-11(4)12(10(3)15-16)9(2)14-8-13(5,6)17/h9,14,17H,7-8H2,1-6H3. The van der Waals surface area contributed by atoms with E-state index in [-0.39, 0.29) is 6.04 Å². The van der Waals surface area contributed by atoms with Crippen LogP contribution in [0.15, 0.2) is 0 Å². The van der Waals surface area contributed by atoms with Gasteiger partial charge < -0.3 is 10.4 Å². The molecule has 0 spiro atoms. The quantitative estimate of drug-likeness (QED) is 0.825. The van der Waals surface area contributed by atoms with Gasteiger partial charge in [-0.3, -0.25) is 4.68 Å². The first-order valence-corrected chi connectivity index (χ1v) is 6.26. The molecule has 0 saturated carbocycles. The third-order valence-electron chi connectivity index (χ3n) is 3.01. The van der Waals surface area contributed by atoms with Gasteiger partial charge in [-0.05, 0) is 41.5 Å². The SMILES string of the molecule is CCn1nc(C)c(C(C)NCC(C)(C)O)c1C. The molecule has 1 rings (SSSR count). The van der Waals surface area contributed by atoms with Gasteiger partial charge in [-0.15, -0.1) is 0 Å². The zero-order chi connectivity index (χ0) is 13.2. The minimum atomic E-state index is -0.684. The van der Waals surface area contributed by atoms with Crippen molar-refractivity contribution in [1.29, 1.82) is 0 Å². The molecular formula is C13H25N3O. The van der Waals surface area contributed by atoms with Crippen molar-refractivity contribution >= 4 is 0 Å². The van der Waals surface area contributed by atoms with Crippen molar-refractivity contribution in [3.63, 3.8) is 0 Å². The van der Waals surface area contributed by atoms with Crippen LogP contribution in [0.3, 0.4) is 0 Å². The van der Waals surface area contributed by atoms with Crippen LogP contribution < -0.4 is 5.32 Å². The van der Waals surface area contributed by atoms with Gasteiger partial charge in [0.05, 0.1) is 11.3 Å². The molecule has 17 heavy (non-hydrogen) atoms. The number of hydrogen-bond acceptors (Lipinski definition) is 3. The maximum absolute atomic E-state index is 9.72. The van der Waals surface area contributed by atoms with E-state index in [2.05, 4.69) is 31.2 Å². The van der Waals surface area contributed by atoms with Crippen molar-refractivity contribution < 1.29 is 5.11 Å². The summed E-state index contributed by atoms with van der Waals surface area (Å²) >= 11 is 0. The number of rotatable bonds is 5. The fourth-order valence-electron chi connectivity index (χ4n) is 2.15. The minimum Gasteiger partial charge on any atom is -0.389 e. The lowest BCUT2D eigenvalue weighted by Crippen LogP contribution is -2.36. The molecule has 1 unspecified atom stereocenters. The zero-order valence-corrected chi connectivity index (χ0v) is 11.8. The normalized spacial score (nSPS) is 14.1. The van der Waals surface area contributed by atoms with Crippen molar-refractivity contribution in [2.24, 2.45) is 0 Å². The monoisotopic (exact) mass is 239 g/mol. The van der Waals surface area contributed by atoms with Gasteiger partial charge in [0, 0.05) is 30.4 Å². The fourth-order valence-corrected chi connectivity index (χ4v) is 2.15. The Bertz CT molecular complexity index is 377. The second-order valence-electron chi connectivity index (χ2n) is 5.32. The van der Waals surface area contributed by atoms with Gasteiger partial charge in [-0.25, -0.2) is 0 Å². The summed E-state index contributed by atoms with van der Waals surface area (Å²) in [5, 5.41) is 17.6. The lowest BCUT2D eigenvalue weighted by molar-refractivity contribution is 0.0770. The van der Waals surface area contributed by atoms with Crippen molar-refractivity contribution in [1.82, 2.24) is 15.1 Å². The maximum atomic E-state index is 9.72. The molecule has 4 heteroatoms. The molecule has 1 atom stereocenters. The van der Waals surface area contributed by atoms with Crippen molar-refractivity contribution in [2.45, 2.75) is 59.7 Å². The number of aliphatic hydroxyl groups is 1. The molecular weight excluding hydrogens is 214 g/mol. The van der Waals surface area contributed by atoms with E-state index < -0.39 is 5.60 Å². The summed E-state index contributed by atoms with van der Waals surface area (Å²) < 4.78 is 2.02. The van der Waals surface area contributed by atoms with Crippen LogP contribution in [0.5, 0.6) is 0 Å². The molecule has 0 amide bonds. The summed E-state index contributed by atoms with van der Waals surface area (Å²) in [6.07, 6.45) is 0. The average Bonchev–Trinajstić information content (AvgIpc) is 2.49. The van der Waals surface area contributed by atoms with Gasteiger partial charge in [0.15, 0.2) is 0 Å². The third kappa shape index (κ3) is 3.54. The van der Waals surface area contributed by atoms with Gasteiger partial charge in [-0.1, -0.05) is 0 Å². The summed E-state index contributed by atoms with van der Waals surface area (Å²) in [4.78, 5) is 0. The lowest BCUT2D eigenvalue weighted by atomic mass is 10.0. The molecule has 1 aromatic rings. The highest BCUT2D eigenvalue weighted by atomic mass is 16.3. The summed E-state index contributed by atoms with van der Waals surface area (Å²) in [5.74, 6) is 0. The first kappa shape index (κ1) is 14.2. The highest BCUT2D eigenvalue weighted by Crippen LogP contribution is 2.21. The van der Waals surface area contributed by atoms with Crippen LogP contribution in [0.1, 0.15) is 50.7 Å². The molecule has 1 heterocycles. The number of aryl methyl sites for hydroxylation is 2. The topological polar surface area (TPSA) is 50.1 Å². The largest absolute Gasteiger partial charge is 0.389 e. The minimum absolute atomic E-state index is 0.210. The van der Waals surface area contributed by atoms with Crippen LogP contribution in [-0.2, 0) is 6.54 Å². The van der Waals surface area contributed by atoms with Gasteiger partial charge in [0.1, 0.15) is 0 Å². The summed E-state index contributed by atoms with van der Waals surface area (Å²) in [7, 11) is 0. The number of aromatic nitrogens is 2. The molecule has 0 aliphatic carbocycles. The predicted octanol–water partition coefficient (Wildman–Crippen LogP) is 1.94. The zero-order valence-electron chi connectivity index (χ0n) is 11.8. The van der Waals surface area contributed by atoms with E-state index in [4.69, 9.17) is 0 Å². The molecule has 0 fully saturated rings. The van der Waals surface area contributed by atoms with E-state index in [0.717, 1.165) is 12.2 Å². The van der Waals surface area contributed by atoms with Crippen LogP contribution in [0.2, 0.25) is 0 Å². The third-order valence-corrected chi connectivity index (χ3v) is 3.01. The Balaban J connectivity index is 2.82. The van der Waals surface area contributed by atoms with Crippen molar-refractivity contribution in [3.8, 4) is 0 Å². The number of nitrogens with one attached hydrogen (secondary N) is 1. The van der Waals surface area contributed by atoms with E-state index in [1.165, 1.54) is 11.3 Å². The number of nitrogens with zero attached hydrogens (tertiary/aromatic N) is 2. The summed E-state index contributed by atoms with van der Waals surface area (Å²) in [6.45, 7) is 13.4. The van der Waals surface area contributed by atoms with Crippen LogP contribution in [-0.4, -0.2) is 27.0 Å². The van der Waals surface area contributed by atoms with E-state index in [0.29, 0.717) is 6.54 Å². The Morgan fingerprint density at radius 2 is 2.00 bits per heavy atom. The smallest absolute Gasteiger partial charge is 0.0715 e. The molecule has 1 aromatic heterocycles. The Kier molecular flexibility index (Phi) is 4.33. The molecule has 0 saturated heterocycles. The van der Waals surface area contributed by atoms with Crippen molar-refractivity contribution in [3.05, 3.63) is 17.0 Å². The first-order valence-electron chi connectivity index (χ1n) is 6.26. The van der Waals surface area contributed by atoms with E-state index >= 15 is 0 Å². The molecule has 2 N–H and O–H groups in total. The second-order valence-corrected chi connectivity index (χ2v) is 5.32. The Morgan fingerprint density at radius 3 is 2.41 bits per heavy atom. The lowest BCUT2D eigenvalue weighted by Gasteiger charge is -2.22. The average molecular weight is 239 g/mol. The predicted molar refractivity (Wildman–Crippen MR) is 70.1 cm³/mol. The second kappa shape index (κ2) is 5.19. The first-order chi connectivity index (χ1) is 7.76. The Hall–Kier alpha value is -0.870. The fraction of sp³-hybridized carbons (Fsp3) is 0.769. The Morgan fingerprint density at radius 1 is 1.41 bits per heavy atom. The van der Waals surface area contributed by atoms with Crippen molar-refractivity contribution in [2.75, 3.05) is 6.54 Å². The number of hydrogen-bond donors (Lipinski definition) is 2. The van der Waals surface area contributed by atoms with Gasteiger partial charge in [0.2, 0.25) is 0 Å². The van der Waals surface area contributed by atoms with Crippen LogP contribution in [0, 0.1) is 13.8 Å². The van der Waals surface area contributed by atoms with Crippen LogP contribution >= 0.6 is 0 Å². The highest BCUT2D eigenvalue weighted by molar-refractivity contribution is 5.27. The molecule has 98 valence electrons. The molecule has 0 radical (unpaired) electrons. The van der Waals surface area contributed by atoms with Crippen LogP contribution in [0.25, 0.3) is 0 Å². The summed E-state index contributed by atoms with van der Waals surface area (Å²) in [6, 6.07) is 0.210. The summed E-state index contributed by atoms with van der Waals surface area (Å²) in [5.41, 5.74) is 2.84. The van der Waals surface area contributed by atoms with E-state index in [1.54, 1.807) is 0 Å². The van der Waals surface area contributed by atoms with Crippen LogP contribution in [0.4, 0.5) is 0 Å². The molecule has 0 aliphatic rings. The van der Waals surface area contributed by atoms with E-state index in [1.807, 2.05) is 25.5 Å². The molecule has 0 aliphatic heterocycles. The van der Waals surface area contributed by atoms with Gasteiger partial charge >= 0.3 is 0 Å². The molecule has 4 nitrogen and oxygen atoms in total. The molecule has 0 aromatic carbocycles.